The van der Waals surface area contributed by atoms with Crippen molar-refractivity contribution in [2.75, 3.05) is 24.7 Å². The van der Waals surface area contributed by atoms with Crippen LogP contribution in [0.15, 0.2) is 24.3 Å². The van der Waals surface area contributed by atoms with Gasteiger partial charge in [0.15, 0.2) is 6.61 Å². The number of benzene rings is 1. The molecule has 2 saturated heterocycles. The molecule has 0 spiro atoms. The summed E-state index contributed by atoms with van der Waals surface area (Å²) in [7, 11) is 0. The van der Waals surface area contributed by atoms with E-state index in [1.165, 1.54) is 9.80 Å². The normalized spacial score (nSPS) is 25.2. The summed E-state index contributed by atoms with van der Waals surface area (Å²) in [4.78, 5) is 66.9. The minimum Gasteiger partial charge on any atom is -0.452 e. The number of hydrogen-bond donors (Lipinski definition) is 0. The SMILES string of the molecule is O=C(COC(=O)[C@]12CCC(=O)N1c1ccccc1C(=O)N2C1CC1)N1CCOC1=O. The first kappa shape index (κ1) is 18.6. The van der Waals surface area contributed by atoms with E-state index in [1.54, 1.807) is 24.3 Å². The van der Waals surface area contributed by atoms with Crippen LogP contribution in [0.5, 0.6) is 0 Å². The summed E-state index contributed by atoms with van der Waals surface area (Å²) in [5.41, 5.74) is -0.887. The zero-order chi connectivity index (χ0) is 21.0. The number of ether oxygens (including phenoxy) is 2. The highest BCUT2D eigenvalue weighted by Crippen LogP contribution is 2.49. The fourth-order valence-electron chi connectivity index (χ4n) is 4.45. The number of carbonyl (C=O) groups excluding carboxylic acids is 5. The Morgan fingerprint density at radius 1 is 1.17 bits per heavy atom. The molecular weight excluding hydrogens is 394 g/mol. The minimum absolute atomic E-state index is 0.0757. The molecule has 3 aliphatic heterocycles. The topological polar surface area (TPSA) is 114 Å². The van der Waals surface area contributed by atoms with E-state index in [0.29, 0.717) is 11.3 Å². The molecule has 30 heavy (non-hydrogen) atoms. The van der Waals surface area contributed by atoms with Gasteiger partial charge in [-0.25, -0.2) is 14.5 Å². The zero-order valence-corrected chi connectivity index (χ0v) is 16.0. The van der Waals surface area contributed by atoms with Crippen LogP contribution in [-0.4, -0.2) is 71.0 Å². The van der Waals surface area contributed by atoms with Crippen molar-refractivity contribution in [2.45, 2.75) is 37.4 Å². The zero-order valence-electron chi connectivity index (χ0n) is 16.0. The number of nitrogens with zero attached hydrogens (tertiary/aromatic N) is 3. The Balaban J connectivity index is 1.48. The molecule has 5 rings (SSSR count). The molecule has 1 saturated carbocycles. The van der Waals surface area contributed by atoms with Crippen molar-refractivity contribution in [3.05, 3.63) is 29.8 Å². The van der Waals surface area contributed by atoms with Crippen molar-refractivity contribution >= 4 is 35.5 Å². The molecular formula is C20H19N3O7. The molecule has 1 aliphatic carbocycles. The van der Waals surface area contributed by atoms with Crippen molar-refractivity contribution in [3.8, 4) is 0 Å². The standard InChI is InChI=1S/C20H19N3O7/c24-15-7-8-20(18(27)30-11-16(25)21-9-10-29-19(21)28)22(12-5-6-12)17(26)13-3-1-2-4-14(13)23(15)20/h1-4,12H,5-11H2/t20-/m0/s1. The highest BCUT2D eigenvalue weighted by atomic mass is 16.6. The van der Waals surface area contributed by atoms with Crippen LogP contribution in [0.25, 0.3) is 0 Å². The number of para-hydroxylation sites is 1. The van der Waals surface area contributed by atoms with Gasteiger partial charge in [0.2, 0.25) is 11.6 Å². The van der Waals surface area contributed by atoms with Gasteiger partial charge in [0.05, 0.1) is 17.8 Å². The number of amides is 4. The number of rotatable bonds is 4. The lowest BCUT2D eigenvalue weighted by atomic mass is 9.96. The van der Waals surface area contributed by atoms with Crippen molar-refractivity contribution in [1.29, 1.82) is 0 Å². The van der Waals surface area contributed by atoms with E-state index in [2.05, 4.69) is 0 Å². The number of hydrogen-bond acceptors (Lipinski definition) is 7. The lowest BCUT2D eigenvalue weighted by Gasteiger charge is -2.48. The Hall–Kier alpha value is -3.43. The first-order valence-electron chi connectivity index (χ1n) is 9.85. The molecule has 1 aromatic rings. The molecule has 0 N–H and O–H groups in total. The Labute approximate surface area is 171 Å². The number of anilines is 1. The van der Waals surface area contributed by atoms with Crippen molar-refractivity contribution in [1.82, 2.24) is 9.80 Å². The molecule has 156 valence electrons. The second-order valence-electron chi connectivity index (χ2n) is 7.71. The van der Waals surface area contributed by atoms with Crippen molar-refractivity contribution in [3.63, 3.8) is 0 Å². The quantitative estimate of drug-likeness (QED) is 0.666. The van der Waals surface area contributed by atoms with E-state index in [0.717, 1.165) is 17.7 Å². The molecule has 0 unspecified atom stereocenters. The molecule has 10 nitrogen and oxygen atoms in total. The number of imide groups is 1. The Bertz CT molecular complexity index is 988. The molecule has 0 aromatic heterocycles. The van der Waals surface area contributed by atoms with Gasteiger partial charge in [0.25, 0.3) is 11.8 Å². The Morgan fingerprint density at radius 3 is 2.63 bits per heavy atom. The largest absolute Gasteiger partial charge is 0.452 e. The fraction of sp³-hybridized carbons (Fsp3) is 0.450. The monoisotopic (exact) mass is 413 g/mol. The van der Waals surface area contributed by atoms with Crippen LogP contribution >= 0.6 is 0 Å². The third kappa shape index (κ3) is 2.52. The summed E-state index contributed by atoms with van der Waals surface area (Å²) in [6.07, 6.45) is 0.828. The smallest absolute Gasteiger partial charge is 0.416 e. The maximum absolute atomic E-state index is 13.3. The predicted molar refractivity (Wildman–Crippen MR) is 99.1 cm³/mol. The van der Waals surface area contributed by atoms with E-state index < -0.39 is 30.2 Å². The summed E-state index contributed by atoms with van der Waals surface area (Å²) in [6, 6.07) is 6.51. The minimum atomic E-state index is -1.62. The van der Waals surface area contributed by atoms with Gasteiger partial charge in [-0.2, -0.15) is 0 Å². The number of esters is 1. The van der Waals surface area contributed by atoms with E-state index in [-0.39, 0.29) is 43.8 Å². The van der Waals surface area contributed by atoms with Crippen molar-refractivity contribution < 1.29 is 33.4 Å². The van der Waals surface area contributed by atoms with Crippen LogP contribution in [0.2, 0.25) is 0 Å². The van der Waals surface area contributed by atoms with Gasteiger partial charge in [-0.1, -0.05) is 12.1 Å². The second kappa shape index (κ2) is 6.54. The van der Waals surface area contributed by atoms with E-state index >= 15 is 0 Å². The molecule has 4 aliphatic rings. The molecule has 3 fully saturated rings. The summed E-state index contributed by atoms with van der Waals surface area (Å²) in [5.74, 6) is -2.17. The van der Waals surface area contributed by atoms with Crippen molar-refractivity contribution in [2.24, 2.45) is 0 Å². The Morgan fingerprint density at radius 2 is 1.93 bits per heavy atom. The summed E-state index contributed by atoms with van der Waals surface area (Å²) in [6.45, 7) is -0.497. The first-order chi connectivity index (χ1) is 14.4. The summed E-state index contributed by atoms with van der Waals surface area (Å²) >= 11 is 0. The maximum atomic E-state index is 13.3. The van der Waals surface area contributed by atoms with E-state index in [1.807, 2.05) is 0 Å². The third-order valence-corrected chi connectivity index (χ3v) is 5.93. The molecule has 1 atom stereocenters. The van der Waals surface area contributed by atoms with Crippen LogP contribution in [-0.2, 0) is 23.9 Å². The highest BCUT2D eigenvalue weighted by molar-refractivity contribution is 6.15. The molecule has 1 aromatic carbocycles. The third-order valence-electron chi connectivity index (χ3n) is 5.93. The van der Waals surface area contributed by atoms with Crippen LogP contribution in [0.3, 0.4) is 0 Å². The second-order valence-corrected chi connectivity index (χ2v) is 7.71. The van der Waals surface area contributed by atoms with Crippen LogP contribution in [0.4, 0.5) is 10.5 Å². The van der Waals surface area contributed by atoms with Crippen LogP contribution in [0, 0.1) is 0 Å². The van der Waals surface area contributed by atoms with E-state index in [4.69, 9.17) is 9.47 Å². The van der Waals surface area contributed by atoms with Gasteiger partial charge >= 0.3 is 12.1 Å². The molecule has 0 radical (unpaired) electrons. The maximum Gasteiger partial charge on any atom is 0.416 e. The molecule has 3 heterocycles. The number of cyclic esters (lactones) is 1. The van der Waals surface area contributed by atoms with Gasteiger partial charge in [-0.3, -0.25) is 19.3 Å². The van der Waals surface area contributed by atoms with Gasteiger partial charge in [-0.05, 0) is 25.0 Å². The average molecular weight is 413 g/mol. The van der Waals surface area contributed by atoms with Gasteiger partial charge in [0.1, 0.15) is 6.61 Å². The lowest BCUT2D eigenvalue weighted by Crippen LogP contribution is -2.69. The average Bonchev–Trinajstić information content (AvgIpc) is 3.38. The van der Waals surface area contributed by atoms with Crippen LogP contribution in [0.1, 0.15) is 36.0 Å². The van der Waals surface area contributed by atoms with Crippen LogP contribution < -0.4 is 4.90 Å². The van der Waals surface area contributed by atoms with Gasteiger partial charge in [-0.15, -0.1) is 0 Å². The number of carbonyl (C=O) groups is 5. The molecule has 10 heteroatoms. The van der Waals surface area contributed by atoms with E-state index in [9.17, 15) is 24.0 Å². The Kier molecular flexibility index (Phi) is 4.05. The fourth-order valence-corrected chi connectivity index (χ4v) is 4.45. The lowest BCUT2D eigenvalue weighted by molar-refractivity contribution is -0.161. The number of fused-ring (bicyclic) bond motifs is 3. The first-order valence-corrected chi connectivity index (χ1v) is 9.85. The summed E-state index contributed by atoms with van der Waals surface area (Å²) in [5, 5.41) is 0. The molecule has 0 bridgehead atoms. The summed E-state index contributed by atoms with van der Waals surface area (Å²) < 4.78 is 10.0. The highest BCUT2D eigenvalue weighted by Gasteiger charge is 2.64. The molecule has 4 amide bonds. The van der Waals surface area contributed by atoms with Gasteiger partial charge < -0.3 is 14.4 Å². The predicted octanol–water partition coefficient (Wildman–Crippen LogP) is 0.650. The van der Waals surface area contributed by atoms with Gasteiger partial charge in [0, 0.05) is 18.9 Å².